The Morgan fingerprint density at radius 2 is 2.08 bits per heavy atom. The molecule has 7 heteroatoms. The van der Waals surface area contributed by atoms with Crippen LogP contribution in [0.15, 0.2) is 24.7 Å². The molecule has 3 N–H and O–H groups in total. The van der Waals surface area contributed by atoms with Gasteiger partial charge in [0.1, 0.15) is 6.33 Å². The Morgan fingerprint density at radius 3 is 2.83 bits per heavy atom. The molecular formula is C17H23N7. The minimum atomic E-state index is 0.195. The van der Waals surface area contributed by atoms with Crippen molar-refractivity contribution < 1.29 is 0 Å². The van der Waals surface area contributed by atoms with Gasteiger partial charge < -0.3 is 16.0 Å². The van der Waals surface area contributed by atoms with Crippen LogP contribution in [0.2, 0.25) is 0 Å². The molecule has 0 radical (unpaired) electrons. The average molecular weight is 325 g/mol. The SMILES string of the molecule is NC1CCCN(c2ncnc(NCc3ccc(C4CC4)cn3)n2)C1. The third-order valence-corrected chi connectivity index (χ3v) is 4.62. The first-order chi connectivity index (χ1) is 11.8. The second-order valence-electron chi connectivity index (χ2n) is 6.67. The zero-order valence-electron chi connectivity index (χ0n) is 13.7. The number of hydrogen-bond acceptors (Lipinski definition) is 7. The normalized spacial score (nSPS) is 20.9. The summed E-state index contributed by atoms with van der Waals surface area (Å²) in [7, 11) is 0. The summed E-state index contributed by atoms with van der Waals surface area (Å²) >= 11 is 0. The molecule has 1 atom stereocenters. The third-order valence-electron chi connectivity index (χ3n) is 4.62. The van der Waals surface area contributed by atoms with E-state index in [4.69, 9.17) is 5.73 Å². The molecule has 2 aromatic rings. The van der Waals surface area contributed by atoms with E-state index in [1.807, 2.05) is 6.20 Å². The summed E-state index contributed by atoms with van der Waals surface area (Å²) in [6, 6.07) is 4.45. The summed E-state index contributed by atoms with van der Waals surface area (Å²) in [5.41, 5.74) is 8.37. The summed E-state index contributed by atoms with van der Waals surface area (Å²) in [6.45, 7) is 2.35. The van der Waals surface area contributed by atoms with Gasteiger partial charge in [0.05, 0.1) is 12.2 Å². The maximum atomic E-state index is 6.04. The Bertz CT molecular complexity index is 684. The van der Waals surface area contributed by atoms with E-state index in [0.717, 1.165) is 37.5 Å². The lowest BCUT2D eigenvalue weighted by Gasteiger charge is -2.30. The molecule has 126 valence electrons. The van der Waals surface area contributed by atoms with E-state index in [1.165, 1.54) is 18.4 Å². The van der Waals surface area contributed by atoms with Crippen molar-refractivity contribution in [2.75, 3.05) is 23.3 Å². The van der Waals surface area contributed by atoms with Crippen molar-refractivity contribution in [3.63, 3.8) is 0 Å². The number of nitrogens with zero attached hydrogens (tertiary/aromatic N) is 5. The summed E-state index contributed by atoms with van der Waals surface area (Å²) < 4.78 is 0. The Morgan fingerprint density at radius 1 is 1.17 bits per heavy atom. The highest BCUT2D eigenvalue weighted by Crippen LogP contribution is 2.39. The molecule has 1 saturated carbocycles. The molecule has 1 aliphatic carbocycles. The molecule has 0 aromatic carbocycles. The summed E-state index contributed by atoms with van der Waals surface area (Å²) in [4.78, 5) is 19.6. The Balaban J connectivity index is 1.38. The molecule has 1 saturated heterocycles. The largest absolute Gasteiger partial charge is 0.348 e. The van der Waals surface area contributed by atoms with Crippen LogP contribution in [0.4, 0.5) is 11.9 Å². The van der Waals surface area contributed by atoms with Crippen LogP contribution < -0.4 is 16.0 Å². The van der Waals surface area contributed by atoms with E-state index in [1.54, 1.807) is 6.33 Å². The standard InChI is InChI=1S/C17H23N7/c18-14-2-1-7-24(10-14)17-22-11-21-16(23-17)20-9-15-6-5-13(8-19-15)12-3-4-12/h5-6,8,11-12,14H,1-4,7,9-10,18H2,(H,20,21,22,23). The zero-order chi connectivity index (χ0) is 16.4. The van der Waals surface area contributed by atoms with Gasteiger partial charge in [-0.05, 0) is 43.2 Å². The molecule has 0 amide bonds. The van der Waals surface area contributed by atoms with E-state index in [-0.39, 0.29) is 6.04 Å². The van der Waals surface area contributed by atoms with Gasteiger partial charge in [-0.3, -0.25) is 4.98 Å². The van der Waals surface area contributed by atoms with Crippen molar-refractivity contribution in [2.24, 2.45) is 5.73 Å². The molecule has 4 rings (SSSR count). The second kappa shape index (κ2) is 6.68. The van der Waals surface area contributed by atoms with Gasteiger partial charge in [-0.1, -0.05) is 6.07 Å². The van der Waals surface area contributed by atoms with Gasteiger partial charge in [0, 0.05) is 25.3 Å². The van der Waals surface area contributed by atoms with Gasteiger partial charge >= 0.3 is 0 Å². The average Bonchev–Trinajstić information content (AvgIpc) is 3.46. The lowest BCUT2D eigenvalue weighted by atomic mass is 10.1. The Hall–Kier alpha value is -2.28. The summed E-state index contributed by atoms with van der Waals surface area (Å²) in [6.07, 6.45) is 8.28. The molecule has 0 bridgehead atoms. The minimum absolute atomic E-state index is 0.195. The van der Waals surface area contributed by atoms with Crippen LogP contribution in [-0.4, -0.2) is 39.1 Å². The van der Waals surface area contributed by atoms with Gasteiger partial charge in [-0.15, -0.1) is 0 Å². The van der Waals surface area contributed by atoms with E-state index in [2.05, 4.69) is 42.3 Å². The van der Waals surface area contributed by atoms with E-state index in [0.29, 0.717) is 18.4 Å². The first kappa shape index (κ1) is 15.3. The molecule has 1 unspecified atom stereocenters. The second-order valence-corrected chi connectivity index (χ2v) is 6.67. The lowest BCUT2D eigenvalue weighted by Crippen LogP contribution is -2.43. The zero-order valence-corrected chi connectivity index (χ0v) is 13.7. The molecule has 0 spiro atoms. The number of hydrogen-bond donors (Lipinski definition) is 2. The van der Waals surface area contributed by atoms with Crippen LogP contribution in [0.25, 0.3) is 0 Å². The molecule has 2 fully saturated rings. The molecule has 2 aromatic heterocycles. The van der Waals surface area contributed by atoms with Gasteiger partial charge in [-0.25, -0.2) is 9.97 Å². The van der Waals surface area contributed by atoms with Crippen molar-refractivity contribution in [1.29, 1.82) is 0 Å². The highest BCUT2D eigenvalue weighted by atomic mass is 15.3. The minimum Gasteiger partial charge on any atom is -0.348 e. The fourth-order valence-corrected chi connectivity index (χ4v) is 3.09. The van der Waals surface area contributed by atoms with Crippen molar-refractivity contribution >= 4 is 11.9 Å². The number of piperidine rings is 1. The number of aromatic nitrogens is 4. The summed E-state index contributed by atoms with van der Waals surface area (Å²) in [5.74, 6) is 2.01. The molecule has 3 heterocycles. The monoisotopic (exact) mass is 325 g/mol. The van der Waals surface area contributed by atoms with Crippen molar-refractivity contribution in [3.05, 3.63) is 35.9 Å². The molecule has 1 aliphatic heterocycles. The van der Waals surface area contributed by atoms with Crippen molar-refractivity contribution in [1.82, 2.24) is 19.9 Å². The highest BCUT2D eigenvalue weighted by molar-refractivity contribution is 5.37. The van der Waals surface area contributed by atoms with Crippen molar-refractivity contribution in [3.8, 4) is 0 Å². The van der Waals surface area contributed by atoms with E-state index < -0.39 is 0 Å². The fourth-order valence-electron chi connectivity index (χ4n) is 3.09. The first-order valence-corrected chi connectivity index (χ1v) is 8.66. The van der Waals surface area contributed by atoms with Crippen LogP contribution >= 0.6 is 0 Å². The molecule has 24 heavy (non-hydrogen) atoms. The Kier molecular flexibility index (Phi) is 4.25. The number of rotatable bonds is 5. The smallest absolute Gasteiger partial charge is 0.230 e. The van der Waals surface area contributed by atoms with E-state index in [9.17, 15) is 0 Å². The number of nitrogens with one attached hydrogen (secondary N) is 1. The number of nitrogens with two attached hydrogens (primary N) is 1. The number of pyridine rings is 1. The topological polar surface area (TPSA) is 92.8 Å². The third kappa shape index (κ3) is 3.62. The Labute approximate surface area is 141 Å². The van der Waals surface area contributed by atoms with E-state index >= 15 is 0 Å². The van der Waals surface area contributed by atoms with Crippen LogP contribution in [0.1, 0.15) is 42.9 Å². The quantitative estimate of drug-likeness (QED) is 0.864. The lowest BCUT2D eigenvalue weighted by molar-refractivity contribution is 0.499. The van der Waals surface area contributed by atoms with Gasteiger partial charge in [0.2, 0.25) is 11.9 Å². The predicted molar refractivity (Wildman–Crippen MR) is 92.8 cm³/mol. The maximum Gasteiger partial charge on any atom is 0.230 e. The van der Waals surface area contributed by atoms with Crippen molar-refractivity contribution in [2.45, 2.75) is 44.2 Å². The molecular weight excluding hydrogens is 302 g/mol. The maximum absolute atomic E-state index is 6.04. The number of anilines is 2. The van der Waals surface area contributed by atoms with Crippen LogP contribution in [0.5, 0.6) is 0 Å². The van der Waals surface area contributed by atoms with Crippen LogP contribution in [-0.2, 0) is 6.54 Å². The molecule has 7 nitrogen and oxygen atoms in total. The van der Waals surface area contributed by atoms with Crippen LogP contribution in [0.3, 0.4) is 0 Å². The van der Waals surface area contributed by atoms with Gasteiger partial charge in [-0.2, -0.15) is 4.98 Å². The predicted octanol–water partition coefficient (Wildman–Crippen LogP) is 1.68. The molecule has 2 aliphatic rings. The van der Waals surface area contributed by atoms with Crippen LogP contribution in [0, 0.1) is 0 Å². The summed E-state index contributed by atoms with van der Waals surface area (Å²) in [5, 5.41) is 3.23. The highest BCUT2D eigenvalue weighted by Gasteiger charge is 2.23. The first-order valence-electron chi connectivity index (χ1n) is 8.66. The van der Waals surface area contributed by atoms with Gasteiger partial charge in [0.25, 0.3) is 0 Å². The fraction of sp³-hybridized carbons (Fsp3) is 0.529. The van der Waals surface area contributed by atoms with Gasteiger partial charge in [0.15, 0.2) is 0 Å².